The molecular weight excluding hydrogens is 286 g/mol. The first-order valence-corrected chi connectivity index (χ1v) is 9.32. The van der Waals surface area contributed by atoms with Crippen LogP contribution in [0.3, 0.4) is 0 Å². The van der Waals surface area contributed by atoms with Crippen LogP contribution in [0.2, 0.25) is 0 Å². The van der Waals surface area contributed by atoms with E-state index in [0.29, 0.717) is 30.4 Å². The largest absolute Gasteiger partial charge is 0.349 e. The molecule has 5 nitrogen and oxygen atoms in total. The molecule has 0 aromatic carbocycles. The Balaban J connectivity index is 2.26. The van der Waals surface area contributed by atoms with E-state index in [-0.39, 0.29) is 0 Å². The monoisotopic (exact) mass is 313 g/mol. The zero-order valence-electron chi connectivity index (χ0n) is 13.1. The Hall–Kier alpha value is -0.850. The fourth-order valence-corrected chi connectivity index (χ4v) is 4.47. The van der Waals surface area contributed by atoms with Crippen molar-refractivity contribution in [2.75, 3.05) is 13.1 Å². The molecule has 0 aliphatic carbocycles. The number of nitrogens with two attached hydrogens (primary N) is 1. The van der Waals surface area contributed by atoms with Crippen LogP contribution >= 0.6 is 0 Å². The van der Waals surface area contributed by atoms with Crippen LogP contribution in [-0.4, -0.2) is 30.4 Å². The predicted octanol–water partition coefficient (Wildman–Crippen LogP) is 2.17. The van der Waals surface area contributed by atoms with Crippen molar-refractivity contribution < 1.29 is 8.42 Å². The highest BCUT2D eigenvalue weighted by atomic mass is 32.2. The van der Waals surface area contributed by atoms with Gasteiger partial charge in [-0.05, 0) is 37.7 Å². The summed E-state index contributed by atoms with van der Waals surface area (Å²) in [6.07, 6.45) is 5.70. The van der Waals surface area contributed by atoms with Gasteiger partial charge >= 0.3 is 0 Å². The standard InChI is InChI=1S/C15H27N3O2S/c1-3-7-17-12-15(10-14(17)11-16)21(19,20)18-8-4-5-13(2)6-9-18/h10,12-13H,3-9,11,16H2,1-2H3. The summed E-state index contributed by atoms with van der Waals surface area (Å²) in [5.41, 5.74) is 6.62. The lowest BCUT2D eigenvalue weighted by molar-refractivity contribution is 0.416. The van der Waals surface area contributed by atoms with E-state index in [1.165, 1.54) is 0 Å². The van der Waals surface area contributed by atoms with Gasteiger partial charge in [0.05, 0.1) is 0 Å². The second-order valence-electron chi connectivity index (χ2n) is 6.00. The quantitative estimate of drug-likeness (QED) is 0.906. The number of aryl methyl sites for hydroxylation is 1. The molecule has 1 aliphatic rings. The van der Waals surface area contributed by atoms with Crippen molar-refractivity contribution in [3.63, 3.8) is 0 Å². The number of sulfonamides is 1. The Labute approximate surface area is 128 Å². The van der Waals surface area contributed by atoms with Crippen molar-refractivity contribution >= 4 is 10.0 Å². The summed E-state index contributed by atoms with van der Waals surface area (Å²) < 4.78 is 29.2. The minimum absolute atomic E-state index is 0.368. The van der Waals surface area contributed by atoms with Gasteiger partial charge in [0.1, 0.15) is 4.90 Å². The predicted molar refractivity (Wildman–Crippen MR) is 84.4 cm³/mol. The SMILES string of the molecule is CCCn1cc(S(=O)(=O)N2CCCC(C)CC2)cc1CN. The fourth-order valence-electron chi connectivity index (χ4n) is 2.91. The maximum Gasteiger partial charge on any atom is 0.244 e. The van der Waals surface area contributed by atoms with Gasteiger partial charge in [-0.2, -0.15) is 4.31 Å². The molecule has 1 aromatic rings. The topological polar surface area (TPSA) is 68.3 Å². The molecule has 1 fully saturated rings. The van der Waals surface area contributed by atoms with Gasteiger partial charge in [0.15, 0.2) is 0 Å². The lowest BCUT2D eigenvalue weighted by Gasteiger charge is -2.19. The first-order chi connectivity index (χ1) is 9.98. The number of aromatic nitrogens is 1. The van der Waals surface area contributed by atoms with Gasteiger partial charge in [0.25, 0.3) is 0 Å². The van der Waals surface area contributed by atoms with Gasteiger partial charge < -0.3 is 10.3 Å². The summed E-state index contributed by atoms with van der Waals surface area (Å²) in [6, 6.07) is 1.74. The van der Waals surface area contributed by atoms with Crippen molar-refractivity contribution in [1.29, 1.82) is 0 Å². The van der Waals surface area contributed by atoms with Gasteiger partial charge in [-0.3, -0.25) is 0 Å². The van der Waals surface area contributed by atoms with Crippen LogP contribution in [0.4, 0.5) is 0 Å². The molecule has 2 N–H and O–H groups in total. The van der Waals surface area contributed by atoms with Crippen molar-refractivity contribution in [3.05, 3.63) is 18.0 Å². The molecule has 0 bridgehead atoms. The van der Waals surface area contributed by atoms with Crippen LogP contribution < -0.4 is 5.73 Å². The number of rotatable bonds is 5. The van der Waals surface area contributed by atoms with E-state index in [9.17, 15) is 8.42 Å². The summed E-state index contributed by atoms with van der Waals surface area (Å²) in [4.78, 5) is 0.394. The summed E-state index contributed by atoms with van der Waals surface area (Å²) in [7, 11) is -3.38. The average Bonchev–Trinajstić information content (AvgIpc) is 2.73. The third kappa shape index (κ3) is 3.67. The second kappa shape index (κ2) is 6.94. The molecule has 6 heteroatoms. The van der Waals surface area contributed by atoms with Gasteiger partial charge in [-0.1, -0.05) is 13.8 Å². The maximum absolute atomic E-state index is 12.8. The molecule has 2 heterocycles. The lowest BCUT2D eigenvalue weighted by Crippen LogP contribution is -2.31. The third-order valence-corrected chi connectivity index (χ3v) is 6.11. The van der Waals surface area contributed by atoms with E-state index in [2.05, 4.69) is 13.8 Å². The first-order valence-electron chi connectivity index (χ1n) is 7.88. The molecule has 0 amide bonds. The smallest absolute Gasteiger partial charge is 0.244 e. The van der Waals surface area contributed by atoms with Crippen molar-refractivity contribution in [3.8, 4) is 0 Å². The van der Waals surface area contributed by atoms with E-state index in [1.54, 1.807) is 16.6 Å². The molecule has 120 valence electrons. The normalized spacial score (nSPS) is 21.4. The van der Waals surface area contributed by atoms with Crippen LogP contribution in [0.25, 0.3) is 0 Å². The highest BCUT2D eigenvalue weighted by Crippen LogP contribution is 2.24. The van der Waals surface area contributed by atoms with Crippen molar-refractivity contribution in [1.82, 2.24) is 8.87 Å². The molecule has 1 saturated heterocycles. The summed E-state index contributed by atoms with van der Waals surface area (Å²) >= 11 is 0. The van der Waals surface area contributed by atoms with E-state index < -0.39 is 10.0 Å². The molecule has 0 spiro atoms. The van der Waals surface area contributed by atoms with E-state index in [0.717, 1.165) is 37.9 Å². The molecule has 1 unspecified atom stereocenters. The second-order valence-corrected chi connectivity index (χ2v) is 7.94. The molecule has 0 saturated carbocycles. The highest BCUT2D eigenvalue weighted by Gasteiger charge is 2.28. The number of hydrogen-bond donors (Lipinski definition) is 1. The van der Waals surface area contributed by atoms with Crippen LogP contribution in [0, 0.1) is 5.92 Å². The summed E-state index contributed by atoms with van der Waals surface area (Å²) in [5.74, 6) is 0.606. The fraction of sp³-hybridized carbons (Fsp3) is 0.733. The molecule has 1 atom stereocenters. The Morgan fingerprint density at radius 3 is 2.76 bits per heavy atom. The Bertz CT molecular complexity index is 565. The van der Waals surface area contributed by atoms with Crippen LogP contribution in [0.5, 0.6) is 0 Å². The number of nitrogens with zero attached hydrogens (tertiary/aromatic N) is 2. The van der Waals surface area contributed by atoms with Crippen LogP contribution in [0.15, 0.2) is 17.2 Å². The minimum Gasteiger partial charge on any atom is -0.349 e. The van der Waals surface area contributed by atoms with E-state index in [1.807, 2.05) is 4.57 Å². The Kier molecular flexibility index (Phi) is 5.46. The molecule has 1 aliphatic heterocycles. The summed E-state index contributed by atoms with van der Waals surface area (Å²) in [5, 5.41) is 0. The molecule has 0 radical (unpaired) electrons. The lowest BCUT2D eigenvalue weighted by atomic mass is 10.0. The highest BCUT2D eigenvalue weighted by molar-refractivity contribution is 7.89. The van der Waals surface area contributed by atoms with Gasteiger partial charge in [0.2, 0.25) is 10.0 Å². The van der Waals surface area contributed by atoms with Gasteiger partial charge in [-0.25, -0.2) is 8.42 Å². The van der Waals surface area contributed by atoms with Crippen molar-refractivity contribution in [2.24, 2.45) is 11.7 Å². The van der Waals surface area contributed by atoms with Crippen LogP contribution in [0.1, 0.15) is 45.2 Å². The van der Waals surface area contributed by atoms with Gasteiger partial charge in [0, 0.05) is 38.1 Å². The molecule has 21 heavy (non-hydrogen) atoms. The Morgan fingerprint density at radius 2 is 2.10 bits per heavy atom. The molecule has 1 aromatic heterocycles. The molecular formula is C15H27N3O2S. The minimum atomic E-state index is -3.38. The first kappa shape index (κ1) is 16.5. The van der Waals surface area contributed by atoms with Gasteiger partial charge in [-0.15, -0.1) is 0 Å². The maximum atomic E-state index is 12.8. The zero-order chi connectivity index (χ0) is 15.5. The number of hydrogen-bond acceptors (Lipinski definition) is 3. The van der Waals surface area contributed by atoms with E-state index >= 15 is 0 Å². The van der Waals surface area contributed by atoms with E-state index in [4.69, 9.17) is 5.73 Å². The average molecular weight is 313 g/mol. The van der Waals surface area contributed by atoms with Crippen molar-refractivity contribution in [2.45, 2.75) is 57.5 Å². The van der Waals surface area contributed by atoms with Crippen LogP contribution in [-0.2, 0) is 23.1 Å². The summed E-state index contributed by atoms with van der Waals surface area (Å²) in [6.45, 7) is 6.70. The molecule has 2 rings (SSSR count). The third-order valence-electron chi connectivity index (χ3n) is 4.25. The Morgan fingerprint density at radius 1 is 1.33 bits per heavy atom. The zero-order valence-corrected chi connectivity index (χ0v) is 13.9.